The van der Waals surface area contributed by atoms with Gasteiger partial charge in [-0.05, 0) is 31.6 Å². The summed E-state index contributed by atoms with van der Waals surface area (Å²) in [6.07, 6.45) is 4.70. The zero-order valence-electron chi connectivity index (χ0n) is 12.4. The van der Waals surface area contributed by atoms with Crippen LogP contribution in [-0.4, -0.2) is 17.1 Å². The number of nitriles is 1. The maximum Gasteiger partial charge on any atom is 0.333 e. The van der Waals surface area contributed by atoms with Crippen molar-refractivity contribution in [2.45, 2.75) is 56.6 Å². The normalized spacial score (nSPS) is 42.9. The summed E-state index contributed by atoms with van der Waals surface area (Å²) >= 11 is 0. The van der Waals surface area contributed by atoms with Crippen molar-refractivity contribution in [1.29, 1.82) is 5.26 Å². The van der Waals surface area contributed by atoms with Crippen LogP contribution in [0.3, 0.4) is 0 Å². The van der Waals surface area contributed by atoms with E-state index in [0.717, 1.165) is 25.7 Å². The summed E-state index contributed by atoms with van der Waals surface area (Å²) in [4.78, 5) is 16.0. The number of hydrogen-bond acceptors (Lipinski definition) is 3. The van der Waals surface area contributed by atoms with Crippen molar-refractivity contribution < 1.29 is 9.53 Å². The Balaban J connectivity index is 1.98. The Bertz CT molecular complexity index is 585. The van der Waals surface area contributed by atoms with Gasteiger partial charge in [-0.3, -0.25) is 0 Å². The van der Waals surface area contributed by atoms with Crippen LogP contribution in [0.2, 0.25) is 0 Å². The van der Waals surface area contributed by atoms with Crippen molar-refractivity contribution in [3.05, 3.63) is 23.6 Å². The van der Waals surface area contributed by atoms with E-state index < -0.39 is 5.60 Å². The van der Waals surface area contributed by atoms with E-state index in [1.54, 1.807) is 6.92 Å². The molecule has 4 bridgehead atoms. The Morgan fingerprint density at radius 2 is 2.29 bits per heavy atom. The molecule has 4 rings (SSSR count). The van der Waals surface area contributed by atoms with Crippen molar-refractivity contribution >= 4 is 5.97 Å². The van der Waals surface area contributed by atoms with E-state index in [4.69, 9.17) is 16.6 Å². The number of carbonyl (C=O) groups is 1. The van der Waals surface area contributed by atoms with Gasteiger partial charge in [0.05, 0.1) is 12.5 Å². The van der Waals surface area contributed by atoms with E-state index in [0.29, 0.717) is 30.3 Å². The summed E-state index contributed by atoms with van der Waals surface area (Å²) in [6, 6.07) is 2.26. The van der Waals surface area contributed by atoms with Crippen molar-refractivity contribution in [3.63, 3.8) is 0 Å². The molecular weight excluding hydrogens is 264 g/mol. The van der Waals surface area contributed by atoms with Crippen LogP contribution in [-0.2, 0) is 9.53 Å². The van der Waals surface area contributed by atoms with Gasteiger partial charge in [0, 0.05) is 30.8 Å². The second kappa shape index (κ2) is 4.60. The van der Waals surface area contributed by atoms with Crippen molar-refractivity contribution in [2.24, 2.45) is 17.8 Å². The molecule has 0 aromatic carbocycles. The lowest BCUT2D eigenvalue weighted by Crippen LogP contribution is -2.64. The highest BCUT2D eigenvalue weighted by atomic mass is 16.6. The zero-order chi connectivity index (χ0) is 15.3. The maximum atomic E-state index is 12.1. The van der Waals surface area contributed by atoms with Gasteiger partial charge < -0.3 is 9.58 Å². The van der Waals surface area contributed by atoms with Crippen LogP contribution in [0.1, 0.15) is 45.4 Å². The van der Waals surface area contributed by atoms with Crippen LogP contribution >= 0.6 is 0 Å². The Morgan fingerprint density at radius 3 is 2.90 bits per heavy atom. The third-order valence-corrected chi connectivity index (χ3v) is 5.65. The minimum Gasteiger partial charge on any atom is -0.455 e. The predicted octanol–water partition coefficient (Wildman–Crippen LogP) is 3.26. The summed E-state index contributed by atoms with van der Waals surface area (Å²) in [7, 11) is 0. The molecule has 0 aromatic heterocycles. The molecule has 4 nitrogen and oxygen atoms in total. The van der Waals surface area contributed by atoms with Crippen molar-refractivity contribution in [2.75, 3.05) is 0 Å². The molecule has 0 spiro atoms. The molecule has 4 heteroatoms. The van der Waals surface area contributed by atoms with E-state index >= 15 is 0 Å². The van der Waals surface area contributed by atoms with Gasteiger partial charge in [-0.1, -0.05) is 6.58 Å². The molecule has 0 saturated heterocycles. The molecule has 0 heterocycles. The van der Waals surface area contributed by atoms with Crippen LogP contribution in [0.15, 0.2) is 12.2 Å². The monoisotopic (exact) mass is 284 g/mol. The van der Waals surface area contributed by atoms with E-state index in [2.05, 4.69) is 17.5 Å². The second-order valence-corrected chi connectivity index (χ2v) is 7.19. The number of hydrogen-bond donors (Lipinski definition) is 0. The molecule has 5 unspecified atom stereocenters. The number of ether oxygens (including phenoxy) is 1. The summed E-state index contributed by atoms with van der Waals surface area (Å²) < 4.78 is 5.87. The smallest absolute Gasteiger partial charge is 0.333 e. The lowest BCUT2D eigenvalue weighted by atomic mass is 9.46. The molecule has 0 radical (unpaired) electrons. The van der Waals surface area contributed by atoms with E-state index in [9.17, 15) is 4.79 Å². The molecule has 4 fully saturated rings. The maximum absolute atomic E-state index is 12.1. The third kappa shape index (κ3) is 2.05. The van der Waals surface area contributed by atoms with Crippen LogP contribution in [0.5, 0.6) is 0 Å². The molecule has 21 heavy (non-hydrogen) atoms. The fourth-order valence-electron chi connectivity index (χ4n) is 5.15. The van der Waals surface area contributed by atoms with E-state index in [1.807, 2.05) is 0 Å². The number of nitrogens with zero attached hydrogens (tertiary/aromatic N) is 2. The highest BCUT2D eigenvalue weighted by molar-refractivity contribution is 5.87. The Kier molecular flexibility index (Phi) is 3.10. The van der Waals surface area contributed by atoms with Gasteiger partial charge in [-0.25, -0.2) is 11.4 Å². The Labute approximate surface area is 125 Å². The van der Waals surface area contributed by atoms with Gasteiger partial charge >= 0.3 is 5.97 Å². The first-order valence-corrected chi connectivity index (χ1v) is 7.58. The predicted molar refractivity (Wildman–Crippen MR) is 76.8 cm³/mol. The van der Waals surface area contributed by atoms with Crippen molar-refractivity contribution in [3.8, 4) is 6.07 Å². The molecule has 0 N–H and O–H groups in total. The van der Waals surface area contributed by atoms with Crippen LogP contribution in [0, 0.1) is 35.7 Å². The first kappa shape index (κ1) is 14.1. The lowest BCUT2D eigenvalue weighted by Gasteiger charge is -2.59. The Morgan fingerprint density at radius 1 is 1.52 bits per heavy atom. The highest BCUT2D eigenvalue weighted by Gasteiger charge is 2.67. The average molecular weight is 284 g/mol. The number of esters is 1. The average Bonchev–Trinajstić information content (AvgIpc) is 2.42. The summed E-state index contributed by atoms with van der Waals surface area (Å²) in [5.74, 6) is 0.509. The van der Waals surface area contributed by atoms with Crippen LogP contribution in [0.25, 0.3) is 4.85 Å². The molecule has 0 amide bonds. The van der Waals surface area contributed by atoms with Gasteiger partial charge in [-0.15, -0.1) is 0 Å². The standard InChI is InChI=1S/C17H20N2O2/c1-11(2)15(20)21-17-8-12-6-13(14(17)4-5-18)9-16(7-12,10-17)19-3/h12-14H,1,4,6-10H2,2H3. The molecule has 4 aliphatic carbocycles. The van der Waals surface area contributed by atoms with Crippen LogP contribution in [0.4, 0.5) is 0 Å². The lowest BCUT2D eigenvalue weighted by molar-refractivity contribution is -0.203. The second-order valence-electron chi connectivity index (χ2n) is 7.19. The molecule has 110 valence electrons. The minimum absolute atomic E-state index is 0.0808. The fraction of sp³-hybridized carbons (Fsp3) is 0.706. The molecular formula is C17H20N2O2. The van der Waals surface area contributed by atoms with Crippen molar-refractivity contribution in [1.82, 2.24) is 0 Å². The Hall–Kier alpha value is -1.81. The molecule has 5 atom stereocenters. The molecule has 4 aliphatic rings. The zero-order valence-corrected chi connectivity index (χ0v) is 12.4. The highest BCUT2D eigenvalue weighted by Crippen LogP contribution is 2.63. The first-order valence-electron chi connectivity index (χ1n) is 7.58. The minimum atomic E-state index is -0.611. The van der Waals surface area contributed by atoms with Gasteiger partial charge in [0.15, 0.2) is 0 Å². The van der Waals surface area contributed by atoms with E-state index in [-0.39, 0.29) is 17.4 Å². The summed E-state index contributed by atoms with van der Waals surface area (Å²) in [5.41, 5.74) is -0.591. The number of rotatable bonds is 3. The SMILES string of the molecule is [C-]#[N+]C12CC3CC(C1)C(CC#N)C(OC(=O)C(=C)C)(C3)C2. The van der Waals surface area contributed by atoms with Crippen LogP contribution < -0.4 is 0 Å². The molecule has 0 aromatic rings. The molecule has 0 aliphatic heterocycles. The largest absolute Gasteiger partial charge is 0.455 e. The summed E-state index contributed by atoms with van der Waals surface area (Å²) in [5, 5.41) is 9.16. The van der Waals surface area contributed by atoms with Gasteiger partial charge in [0.1, 0.15) is 5.60 Å². The topological polar surface area (TPSA) is 54.4 Å². The quantitative estimate of drug-likeness (QED) is 0.454. The molecule has 4 saturated carbocycles. The van der Waals surface area contributed by atoms with Gasteiger partial charge in [0.2, 0.25) is 5.54 Å². The number of carbonyl (C=O) groups excluding carboxylic acids is 1. The summed E-state index contributed by atoms with van der Waals surface area (Å²) in [6.45, 7) is 12.9. The van der Waals surface area contributed by atoms with Gasteiger partial charge in [0.25, 0.3) is 0 Å². The van der Waals surface area contributed by atoms with Gasteiger partial charge in [-0.2, -0.15) is 5.26 Å². The van der Waals surface area contributed by atoms with E-state index in [1.165, 1.54) is 0 Å². The first-order chi connectivity index (χ1) is 9.93. The fourth-order valence-corrected chi connectivity index (χ4v) is 5.15. The third-order valence-electron chi connectivity index (χ3n) is 5.65.